The smallest absolute Gasteiger partial charge is 0.329 e. The summed E-state index contributed by atoms with van der Waals surface area (Å²) >= 11 is 3.44. The predicted octanol–water partition coefficient (Wildman–Crippen LogP) is 4.69. The zero-order chi connectivity index (χ0) is 25.2. The summed E-state index contributed by atoms with van der Waals surface area (Å²) in [6, 6.07) is 11.9. The lowest BCUT2D eigenvalue weighted by Crippen LogP contribution is -2.63. The Balaban J connectivity index is 1.59. The Morgan fingerprint density at radius 2 is 1.91 bits per heavy atom. The van der Waals surface area contributed by atoms with E-state index in [0.717, 1.165) is 42.4 Å². The number of carbonyl (C=O) groups excluding carboxylic acids is 2. The Morgan fingerprint density at radius 3 is 2.57 bits per heavy atom. The molecule has 2 atom stereocenters. The maximum absolute atomic E-state index is 13.7. The van der Waals surface area contributed by atoms with E-state index in [9.17, 15) is 14.7 Å². The number of amides is 3. The molecule has 188 valence electrons. The van der Waals surface area contributed by atoms with E-state index in [1.165, 1.54) is 12.8 Å². The standard InChI is InChI=1S/C27H35BrN4O3/c1-4-20-5-8-22(9-6-20)32-26(34)30-24-10-7-21(28)15-23(24)27(32,35)25(33)29-16-19(3)17-31-13-11-18(2)12-14-31/h5-10,15,18-19,35H,4,11-14,16-17H2,1-3H3,(H,29,33)(H,30,34)/t19-,27+/m1/s1. The molecule has 2 aliphatic heterocycles. The minimum absolute atomic E-state index is 0.202. The molecule has 35 heavy (non-hydrogen) atoms. The van der Waals surface area contributed by atoms with Gasteiger partial charge in [0, 0.05) is 28.8 Å². The van der Waals surface area contributed by atoms with Crippen LogP contribution in [-0.2, 0) is 16.9 Å². The number of nitrogens with zero attached hydrogens (tertiary/aromatic N) is 2. The summed E-state index contributed by atoms with van der Waals surface area (Å²) in [6.07, 6.45) is 3.25. The van der Waals surface area contributed by atoms with E-state index in [4.69, 9.17) is 0 Å². The molecular formula is C27H35BrN4O3. The lowest BCUT2D eigenvalue weighted by atomic mass is 9.94. The molecule has 0 radical (unpaired) electrons. The topological polar surface area (TPSA) is 84.9 Å². The van der Waals surface area contributed by atoms with Gasteiger partial charge in [-0.3, -0.25) is 9.69 Å². The number of benzene rings is 2. The largest absolute Gasteiger partial charge is 0.359 e. The Bertz CT molecular complexity index is 1070. The van der Waals surface area contributed by atoms with Gasteiger partial charge in [-0.1, -0.05) is 48.8 Å². The van der Waals surface area contributed by atoms with E-state index in [2.05, 4.69) is 45.3 Å². The number of urea groups is 1. The van der Waals surface area contributed by atoms with E-state index in [1.54, 1.807) is 30.3 Å². The number of rotatable bonds is 7. The van der Waals surface area contributed by atoms with Gasteiger partial charge in [-0.15, -0.1) is 0 Å². The Hall–Kier alpha value is -2.42. The van der Waals surface area contributed by atoms with Crippen molar-refractivity contribution in [3.05, 3.63) is 58.1 Å². The van der Waals surface area contributed by atoms with Crippen molar-refractivity contribution in [2.45, 2.75) is 45.8 Å². The van der Waals surface area contributed by atoms with Gasteiger partial charge in [0.05, 0.1) is 5.69 Å². The molecule has 2 aromatic carbocycles. The van der Waals surface area contributed by atoms with E-state index in [0.29, 0.717) is 28.0 Å². The fourth-order valence-corrected chi connectivity index (χ4v) is 5.26. The number of carbonyl (C=O) groups is 2. The molecule has 3 amide bonds. The van der Waals surface area contributed by atoms with E-state index >= 15 is 0 Å². The first-order valence-corrected chi connectivity index (χ1v) is 13.2. The third-order valence-corrected chi connectivity index (χ3v) is 7.60. The minimum atomic E-state index is -2.20. The number of likely N-dealkylation sites (tertiary alicyclic amines) is 1. The lowest BCUT2D eigenvalue weighted by Gasteiger charge is -2.43. The third kappa shape index (κ3) is 5.39. The summed E-state index contributed by atoms with van der Waals surface area (Å²) in [7, 11) is 0. The number of aryl methyl sites for hydroxylation is 1. The van der Waals surface area contributed by atoms with Crippen molar-refractivity contribution in [1.82, 2.24) is 10.2 Å². The van der Waals surface area contributed by atoms with Gasteiger partial charge in [-0.2, -0.15) is 0 Å². The summed E-state index contributed by atoms with van der Waals surface area (Å²) in [6.45, 7) is 9.88. The van der Waals surface area contributed by atoms with Crippen LogP contribution in [0.3, 0.4) is 0 Å². The van der Waals surface area contributed by atoms with Crippen molar-refractivity contribution in [3.8, 4) is 0 Å². The maximum atomic E-state index is 13.7. The number of anilines is 2. The number of hydrogen-bond acceptors (Lipinski definition) is 4. The molecular weight excluding hydrogens is 508 g/mol. The molecule has 0 saturated carbocycles. The van der Waals surface area contributed by atoms with Crippen LogP contribution in [0.4, 0.5) is 16.2 Å². The summed E-state index contributed by atoms with van der Waals surface area (Å²) in [5, 5.41) is 17.8. The Morgan fingerprint density at radius 1 is 1.23 bits per heavy atom. The van der Waals surface area contributed by atoms with Gasteiger partial charge in [0.2, 0.25) is 0 Å². The molecule has 0 aliphatic carbocycles. The fourth-order valence-electron chi connectivity index (χ4n) is 4.90. The Kier molecular flexibility index (Phi) is 7.83. The average Bonchev–Trinajstić information content (AvgIpc) is 2.85. The summed E-state index contributed by atoms with van der Waals surface area (Å²) in [5.41, 5.74) is 0.0748. The molecule has 2 heterocycles. The van der Waals surface area contributed by atoms with Gasteiger partial charge in [-0.05, 0) is 80.1 Å². The first-order chi connectivity index (χ1) is 16.7. The third-order valence-electron chi connectivity index (χ3n) is 7.10. The van der Waals surface area contributed by atoms with Crippen molar-refractivity contribution in [2.24, 2.45) is 11.8 Å². The summed E-state index contributed by atoms with van der Waals surface area (Å²) in [5.74, 6) is 0.350. The van der Waals surface area contributed by atoms with Crippen LogP contribution < -0.4 is 15.5 Å². The van der Waals surface area contributed by atoms with E-state index < -0.39 is 17.7 Å². The van der Waals surface area contributed by atoms with E-state index in [-0.39, 0.29) is 5.92 Å². The van der Waals surface area contributed by atoms with Crippen molar-refractivity contribution in [2.75, 3.05) is 36.4 Å². The average molecular weight is 544 g/mol. The van der Waals surface area contributed by atoms with Gasteiger partial charge >= 0.3 is 6.03 Å². The van der Waals surface area contributed by atoms with Crippen LogP contribution in [0.2, 0.25) is 0 Å². The van der Waals surface area contributed by atoms with Crippen LogP contribution >= 0.6 is 15.9 Å². The molecule has 2 aliphatic rings. The highest BCUT2D eigenvalue weighted by atomic mass is 79.9. The van der Waals surface area contributed by atoms with E-state index in [1.807, 2.05) is 19.1 Å². The molecule has 0 bridgehead atoms. The maximum Gasteiger partial charge on any atom is 0.329 e. The van der Waals surface area contributed by atoms with Crippen molar-refractivity contribution >= 4 is 39.2 Å². The zero-order valence-corrected chi connectivity index (χ0v) is 22.3. The quantitative estimate of drug-likeness (QED) is 0.473. The van der Waals surface area contributed by atoms with Crippen molar-refractivity contribution in [3.63, 3.8) is 0 Å². The van der Waals surface area contributed by atoms with Crippen LogP contribution in [0.5, 0.6) is 0 Å². The van der Waals surface area contributed by atoms with Crippen LogP contribution in [0.1, 0.15) is 44.7 Å². The monoisotopic (exact) mass is 542 g/mol. The summed E-state index contributed by atoms with van der Waals surface area (Å²) in [4.78, 5) is 30.5. The second-order valence-electron chi connectivity index (χ2n) is 9.95. The molecule has 1 saturated heterocycles. The number of piperidine rings is 1. The number of aliphatic hydroxyl groups is 1. The summed E-state index contributed by atoms with van der Waals surface area (Å²) < 4.78 is 0.701. The van der Waals surface area contributed by atoms with Crippen LogP contribution in [0, 0.1) is 11.8 Å². The molecule has 0 aromatic heterocycles. The molecule has 4 rings (SSSR count). The predicted molar refractivity (Wildman–Crippen MR) is 142 cm³/mol. The first-order valence-electron chi connectivity index (χ1n) is 12.5. The van der Waals surface area contributed by atoms with Crippen LogP contribution in [-0.4, -0.2) is 48.1 Å². The van der Waals surface area contributed by atoms with Gasteiger partial charge in [0.1, 0.15) is 0 Å². The lowest BCUT2D eigenvalue weighted by molar-refractivity contribution is -0.140. The number of halogens is 1. The first kappa shape index (κ1) is 25.7. The molecule has 0 unspecified atom stereocenters. The Labute approximate surface area is 216 Å². The van der Waals surface area contributed by atoms with Gasteiger partial charge in [-0.25, -0.2) is 4.79 Å². The van der Waals surface area contributed by atoms with Gasteiger partial charge < -0.3 is 20.6 Å². The number of hydrogen-bond donors (Lipinski definition) is 3. The highest BCUT2D eigenvalue weighted by Crippen LogP contribution is 2.41. The molecule has 0 spiro atoms. The fraction of sp³-hybridized carbons (Fsp3) is 0.481. The zero-order valence-electron chi connectivity index (χ0n) is 20.7. The SMILES string of the molecule is CCc1ccc(N2C(=O)Nc3ccc(Br)cc3[C@]2(O)C(=O)NC[C@@H](C)CN2CCC(C)CC2)cc1. The van der Waals surface area contributed by atoms with Crippen molar-refractivity contribution in [1.29, 1.82) is 0 Å². The second kappa shape index (κ2) is 10.7. The van der Waals surface area contributed by atoms with Crippen molar-refractivity contribution < 1.29 is 14.7 Å². The molecule has 1 fully saturated rings. The molecule has 8 heteroatoms. The normalized spacial score (nSPS) is 21.9. The molecule has 2 aromatic rings. The second-order valence-corrected chi connectivity index (χ2v) is 10.9. The minimum Gasteiger partial charge on any atom is -0.359 e. The van der Waals surface area contributed by atoms with Gasteiger partial charge in [0.15, 0.2) is 0 Å². The van der Waals surface area contributed by atoms with Crippen LogP contribution in [0.15, 0.2) is 46.9 Å². The van der Waals surface area contributed by atoms with Gasteiger partial charge in [0.25, 0.3) is 11.6 Å². The number of nitrogens with one attached hydrogen (secondary N) is 2. The van der Waals surface area contributed by atoms with Crippen LogP contribution in [0.25, 0.3) is 0 Å². The molecule has 7 nitrogen and oxygen atoms in total. The molecule has 3 N–H and O–H groups in total. The highest BCUT2D eigenvalue weighted by molar-refractivity contribution is 9.10. The number of fused-ring (bicyclic) bond motifs is 1. The highest BCUT2D eigenvalue weighted by Gasteiger charge is 2.52.